The molecule has 5 unspecified atom stereocenters. The van der Waals surface area contributed by atoms with E-state index >= 15 is 0 Å². The lowest BCUT2D eigenvalue weighted by Crippen LogP contribution is -2.63. The summed E-state index contributed by atoms with van der Waals surface area (Å²) in [6, 6.07) is -4.12. The van der Waals surface area contributed by atoms with E-state index in [2.05, 4.69) is 31.2 Å². The van der Waals surface area contributed by atoms with Crippen LogP contribution in [0.1, 0.15) is 109 Å². The molecule has 5 amide bonds. The molecule has 2 saturated carbocycles. The summed E-state index contributed by atoms with van der Waals surface area (Å²) in [4.78, 5) is 90.8. The Morgan fingerprint density at radius 3 is 2.24 bits per heavy atom. The number of likely N-dealkylation sites (tertiary alicyclic amines) is 1. The van der Waals surface area contributed by atoms with Crippen LogP contribution in [0.3, 0.4) is 0 Å². The van der Waals surface area contributed by atoms with Crippen molar-refractivity contribution in [3.05, 3.63) is 24.3 Å². The number of carbonyl (C=O) groups is 6. The van der Waals surface area contributed by atoms with Gasteiger partial charge in [-0.2, -0.15) is 0 Å². The van der Waals surface area contributed by atoms with Gasteiger partial charge in [-0.3, -0.25) is 33.8 Å². The van der Waals surface area contributed by atoms with Crippen molar-refractivity contribution in [2.45, 2.75) is 135 Å². The highest BCUT2D eigenvalue weighted by atomic mass is 16.5. The third-order valence-electron chi connectivity index (χ3n) is 9.51. The highest BCUT2D eigenvalue weighted by molar-refractivity contribution is 6.38. The molecule has 1 saturated heterocycles. The normalized spacial score (nSPS) is 21.6. The number of rotatable bonds is 15. The molecule has 1 aromatic heterocycles. The molecule has 0 radical (unpaired) electrons. The Hall–Kier alpha value is -3.94. The second-order valence-corrected chi connectivity index (χ2v) is 14.5. The lowest BCUT2D eigenvalue weighted by molar-refractivity contribution is -0.147. The van der Waals surface area contributed by atoms with Crippen LogP contribution in [0.15, 0.2) is 18.6 Å². The van der Waals surface area contributed by atoms with E-state index in [-0.39, 0.29) is 30.6 Å². The van der Waals surface area contributed by atoms with Gasteiger partial charge in [0.25, 0.3) is 11.8 Å². The van der Waals surface area contributed by atoms with Crippen molar-refractivity contribution in [2.24, 2.45) is 11.3 Å². The quantitative estimate of drug-likeness (QED) is 0.200. The van der Waals surface area contributed by atoms with Crippen LogP contribution in [-0.4, -0.2) is 99.7 Å². The van der Waals surface area contributed by atoms with Crippen molar-refractivity contribution in [1.29, 1.82) is 0 Å². The van der Waals surface area contributed by atoms with E-state index in [0.717, 1.165) is 44.9 Å². The van der Waals surface area contributed by atoms with E-state index in [1.54, 1.807) is 6.92 Å². The van der Waals surface area contributed by atoms with Crippen LogP contribution in [0.25, 0.3) is 0 Å². The number of nitrogens with one attached hydrogen (secondary N) is 4. The van der Waals surface area contributed by atoms with Gasteiger partial charge in [-0.1, -0.05) is 53.4 Å². The second kappa shape index (κ2) is 17.1. The first kappa shape index (κ1) is 37.9. The first-order chi connectivity index (χ1) is 23.3. The number of carbonyl (C=O) groups excluding carboxylic acids is 6. The van der Waals surface area contributed by atoms with Gasteiger partial charge in [-0.05, 0) is 56.8 Å². The van der Waals surface area contributed by atoms with Gasteiger partial charge in [-0.25, -0.2) is 4.98 Å². The zero-order valence-corrected chi connectivity index (χ0v) is 29.5. The summed E-state index contributed by atoms with van der Waals surface area (Å²) in [5.41, 5.74) is -0.706. The molecule has 14 nitrogen and oxygen atoms in total. The van der Waals surface area contributed by atoms with Crippen molar-refractivity contribution in [1.82, 2.24) is 36.1 Å². The summed E-state index contributed by atoms with van der Waals surface area (Å²) in [6.07, 6.45) is 10.7. The number of ketones is 1. The van der Waals surface area contributed by atoms with Gasteiger partial charge in [-0.15, -0.1) is 0 Å². The van der Waals surface area contributed by atoms with E-state index in [0.29, 0.717) is 19.4 Å². The third kappa shape index (κ3) is 10.1. The number of ether oxygens (including phenoxy) is 1. The van der Waals surface area contributed by atoms with Crippen molar-refractivity contribution in [3.63, 3.8) is 0 Å². The lowest BCUT2D eigenvalue weighted by atomic mass is 9.82. The number of hydrogen-bond acceptors (Lipinski definition) is 9. The largest absolute Gasteiger partial charge is 0.376 e. The first-order valence-corrected chi connectivity index (χ1v) is 17.8. The predicted molar refractivity (Wildman–Crippen MR) is 180 cm³/mol. The van der Waals surface area contributed by atoms with E-state index in [1.807, 2.05) is 27.7 Å². The van der Waals surface area contributed by atoms with E-state index in [1.165, 1.54) is 23.5 Å². The Bertz CT molecular complexity index is 1340. The molecule has 1 aliphatic heterocycles. The fourth-order valence-corrected chi connectivity index (χ4v) is 6.71. The van der Waals surface area contributed by atoms with Crippen LogP contribution in [0.5, 0.6) is 0 Å². The van der Waals surface area contributed by atoms with Crippen molar-refractivity contribution in [2.75, 3.05) is 13.2 Å². The molecular weight excluding hydrogens is 630 g/mol. The standard InChI is InChI=1S/C35H53N7O7/c1-6-11-23(28(43)33(47)38-22-14-15-22)39-32(46)27-25(49-7-2)16-19-42(27)34(48)29(35(3,4)5)41-31(45)26(21-12-9-8-10-13-21)40-30(44)24-20-36-17-18-37-24/h17-18,20-23,25-27,29H,6-16,19H2,1-5H3,(H,38,47)(H,39,46)(H,40,44)(H,41,45). The minimum absolute atomic E-state index is 0.0118. The van der Waals surface area contributed by atoms with Crippen LogP contribution in [0.4, 0.5) is 0 Å². The fraction of sp³-hybridized carbons (Fsp3) is 0.714. The molecule has 4 rings (SSSR count). The summed E-state index contributed by atoms with van der Waals surface area (Å²) < 4.78 is 5.91. The molecular formula is C35H53N7O7. The topological polar surface area (TPSA) is 189 Å². The number of amides is 5. The molecule has 1 aromatic rings. The smallest absolute Gasteiger partial charge is 0.289 e. The zero-order valence-electron chi connectivity index (χ0n) is 29.5. The minimum atomic E-state index is -1.08. The van der Waals surface area contributed by atoms with Crippen LogP contribution >= 0.6 is 0 Å². The van der Waals surface area contributed by atoms with Crippen LogP contribution in [0, 0.1) is 11.3 Å². The van der Waals surface area contributed by atoms with Gasteiger partial charge in [0, 0.05) is 31.6 Å². The fourth-order valence-electron chi connectivity index (χ4n) is 6.71. The molecule has 2 aliphatic carbocycles. The molecule has 5 atom stereocenters. The van der Waals surface area contributed by atoms with E-state index in [9.17, 15) is 28.8 Å². The Morgan fingerprint density at radius 2 is 1.65 bits per heavy atom. The highest BCUT2D eigenvalue weighted by Gasteiger charge is 2.48. The van der Waals surface area contributed by atoms with Gasteiger partial charge >= 0.3 is 0 Å². The van der Waals surface area contributed by atoms with Gasteiger partial charge < -0.3 is 30.9 Å². The summed E-state index contributed by atoms with van der Waals surface area (Å²) in [6.45, 7) is 9.60. The highest BCUT2D eigenvalue weighted by Crippen LogP contribution is 2.30. The summed E-state index contributed by atoms with van der Waals surface area (Å²) in [7, 11) is 0. The summed E-state index contributed by atoms with van der Waals surface area (Å²) in [5, 5.41) is 11.3. The maximum Gasteiger partial charge on any atom is 0.289 e. The average Bonchev–Trinajstić information content (AvgIpc) is 3.80. The van der Waals surface area contributed by atoms with Crippen LogP contribution in [-0.2, 0) is 28.7 Å². The summed E-state index contributed by atoms with van der Waals surface area (Å²) >= 11 is 0. The molecule has 2 heterocycles. The Kier molecular flexibility index (Phi) is 13.2. The van der Waals surface area contributed by atoms with E-state index in [4.69, 9.17) is 4.74 Å². The van der Waals surface area contributed by atoms with Crippen LogP contribution < -0.4 is 21.3 Å². The zero-order chi connectivity index (χ0) is 35.7. The predicted octanol–water partition coefficient (Wildman–Crippen LogP) is 1.82. The van der Waals surface area contributed by atoms with Gasteiger partial charge in [0.2, 0.25) is 23.5 Å². The Balaban J connectivity index is 1.55. The van der Waals surface area contributed by atoms with Crippen molar-refractivity contribution in [3.8, 4) is 0 Å². The van der Waals surface area contributed by atoms with Gasteiger partial charge in [0.1, 0.15) is 23.8 Å². The first-order valence-electron chi connectivity index (χ1n) is 17.8. The molecule has 0 aromatic carbocycles. The maximum atomic E-state index is 14.5. The molecule has 0 bridgehead atoms. The maximum absolute atomic E-state index is 14.5. The SMILES string of the molecule is CCCC(NC(=O)C1C(OCC)CCN1C(=O)C(NC(=O)C(NC(=O)c1cnccn1)C1CCCCC1)C(C)(C)C)C(=O)C(=O)NC1CC1. The number of hydrogen-bond donors (Lipinski definition) is 4. The Morgan fingerprint density at radius 1 is 0.939 bits per heavy atom. The molecule has 3 aliphatic rings. The molecule has 0 spiro atoms. The lowest BCUT2D eigenvalue weighted by Gasteiger charge is -2.38. The number of Topliss-reactive ketones (excluding diaryl/α,β-unsaturated/α-hetero) is 1. The number of nitrogens with zero attached hydrogens (tertiary/aromatic N) is 3. The second-order valence-electron chi connectivity index (χ2n) is 14.5. The third-order valence-corrected chi connectivity index (χ3v) is 9.51. The molecule has 49 heavy (non-hydrogen) atoms. The molecule has 3 fully saturated rings. The average molecular weight is 684 g/mol. The van der Waals surface area contributed by atoms with Gasteiger partial charge in [0.15, 0.2) is 0 Å². The van der Waals surface area contributed by atoms with Gasteiger partial charge in [0.05, 0.1) is 18.3 Å². The Labute approximate surface area is 288 Å². The van der Waals surface area contributed by atoms with E-state index < -0.39 is 71.0 Å². The molecule has 14 heteroatoms. The van der Waals surface area contributed by atoms with Crippen LogP contribution in [0.2, 0.25) is 0 Å². The minimum Gasteiger partial charge on any atom is -0.376 e. The summed E-state index contributed by atoms with van der Waals surface area (Å²) in [5.74, 6) is -3.67. The monoisotopic (exact) mass is 683 g/mol. The number of aromatic nitrogens is 2. The molecule has 4 N–H and O–H groups in total. The molecule has 270 valence electrons. The van der Waals surface area contributed by atoms with Crippen molar-refractivity contribution >= 4 is 35.3 Å². The van der Waals surface area contributed by atoms with Crippen molar-refractivity contribution < 1.29 is 33.5 Å².